The van der Waals surface area contributed by atoms with Gasteiger partial charge < -0.3 is 15.0 Å². The van der Waals surface area contributed by atoms with Crippen molar-refractivity contribution in [1.29, 1.82) is 0 Å². The zero-order valence-corrected chi connectivity index (χ0v) is 12.3. The van der Waals surface area contributed by atoms with Crippen LogP contribution >= 0.6 is 0 Å². The zero-order chi connectivity index (χ0) is 16.7. The van der Waals surface area contributed by atoms with E-state index in [0.717, 1.165) is 6.07 Å². The summed E-state index contributed by atoms with van der Waals surface area (Å²) < 4.78 is 44.0. The maximum atomic E-state index is 13.5. The number of benzene rings is 1. The number of anilines is 1. The molecule has 0 unspecified atom stereocenters. The molecule has 0 aliphatic heterocycles. The van der Waals surface area contributed by atoms with Crippen LogP contribution in [0, 0.1) is 17.5 Å². The van der Waals surface area contributed by atoms with Gasteiger partial charge in [0.15, 0.2) is 17.5 Å². The molecule has 0 aliphatic rings. The summed E-state index contributed by atoms with van der Waals surface area (Å²) in [5.74, 6) is -5.62. The molecular weight excluding hydrogens is 301 g/mol. The lowest BCUT2D eigenvalue weighted by molar-refractivity contribution is -0.138. The highest BCUT2D eigenvalue weighted by Crippen LogP contribution is 2.19. The van der Waals surface area contributed by atoms with Crippen LogP contribution in [0.5, 0.6) is 0 Å². The van der Waals surface area contributed by atoms with E-state index < -0.39 is 35.0 Å². The van der Waals surface area contributed by atoms with E-state index in [1.165, 1.54) is 12.0 Å². The fraction of sp³-hybridized carbons (Fsp3) is 0.429. The number of nitrogens with zero attached hydrogens (tertiary/aromatic N) is 1. The number of nitrogens with one attached hydrogen (secondary N) is 1. The van der Waals surface area contributed by atoms with Crippen molar-refractivity contribution in [2.45, 2.75) is 13.3 Å². The highest BCUT2D eigenvalue weighted by atomic mass is 19.2. The zero-order valence-electron chi connectivity index (χ0n) is 12.3. The van der Waals surface area contributed by atoms with Crippen LogP contribution < -0.4 is 5.32 Å². The van der Waals surface area contributed by atoms with E-state index in [1.54, 1.807) is 0 Å². The largest absolute Gasteiger partial charge is 0.375 e. The summed E-state index contributed by atoms with van der Waals surface area (Å²) in [5.41, 5.74) is -0.487. The second-order valence-electron chi connectivity index (χ2n) is 4.52. The minimum atomic E-state index is -1.67. The molecule has 0 saturated heterocycles. The van der Waals surface area contributed by atoms with Crippen molar-refractivity contribution >= 4 is 17.5 Å². The SMILES string of the molecule is CCCN(CC(=O)Nc1ccc(F)c(F)c1F)C(=O)COC. The third-order valence-electron chi connectivity index (χ3n) is 2.76. The lowest BCUT2D eigenvalue weighted by Gasteiger charge is -2.21. The van der Waals surface area contributed by atoms with E-state index in [9.17, 15) is 22.8 Å². The van der Waals surface area contributed by atoms with Crippen molar-refractivity contribution < 1.29 is 27.5 Å². The molecule has 1 aromatic carbocycles. The summed E-state index contributed by atoms with van der Waals surface area (Å²) in [4.78, 5) is 24.8. The maximum Gasteiger partial charge on any atom is 0.249 e. The quantitative estimate of drug-likeness (QED) is 0.782. The molecule has 5 nitrogen and oxygen atoms in total. The summed E-state index contributed by atoms with van der Waals surface area (Å²) in [6.45, 7) is 1.61. The van der Waals surface area contributed by atoms with Crippen LogP contribution in [0.25, 0.3) is 0 Å². The molecule has 0 heterocycles. The molecule has 122 valence electrons. The third kappa shape index (κ3) is 4.73. The molecule has 0 radical (unpaired) electrons. The lowest BCUT2D eigenvalue weighted by Crippen LogP contribution is -2.40. The van der Waals surface area contributed by atoms with Gasteiger partial charge in [-0.3, -0.25) is 9.59 Å². The van der Waals surface area contributed by atoms with E-state index in [4.69, 9.17) is 4.74 Å². The number of hydrogen-bond donors (Lipinski definition) is 1. The van der Waals surface area contributed by atoms with Gasteiger partial charge in [-0.25, -0.2) is 13.2 Å². The molecule has 0 aliphatic carbocycles. The van der Waals surface area contributed by atoms with Crippen molar-refractivity contribution in [3.05, 3.63) is 29.6 Å². The Bertz CT molecular complexity index is 552. The predicted molar refractivity (Wildman–Crippen MR) is 73.7 cm³/mol. The molecule has 0 atom stereocenters. The van der Waals surface area contributed by atoms with E-state index in [2.05, 4.69) is 5.32 Å². The molecule has 2 amide bonds. The molecule has 1 aromatic rings. The number of carbonyl (C=O) groups is 2. The number of ether oxygens (including phenoxy) is 1. The first-order chi connectivity index (χ1) is 10.4. The highest BCUT2D eigenvalue weighted by molar-refractivity contribution is 5.94. The van der Waals surface area contributed by atoms with Crippen LogP contribution in [0.1, 0.15) is 13.3 Å². The van der Waals surface area contributed by atoms with E-state index >= 15 is 0 Å². The van der Waals surface area contributed by atoms with E-state index in [-0.39, 0.29) is 13.2 Å². The average molecular weight is 318 g/mol. The maximum absolute atomic E-state index is 13.5. The topological polar surface area (TPSA) is 58.6 Å². The first-order valence-electron chi connectivity index (χ1n) is 6.60. The normalized spacial score (nSPS) is 10.4. The Labute approximate surface area is 126 Å². The number of methoxy groups -OCH3 is 1. The smallest absolute Gasteiger partial charge is 0.249 e. The number of carbonyl (C=O) groups excluding carboxylic acids is 2. The van der Waals surface area contributed by atoms with Gasteiger partial charge in [-0.15, -0.1) is 0 Å². The number of rotatable bonds is 7. The summed E-state index contributed by atoms with van der Waals surface area (Å²) in [7, 11) is 1.35. The standard InChI is InChI=1S/C14H17F3N2O3/c1-3-6-19(12(21)8-22-2)7-11(20)18-10-5-4-9(15)13(16)14(10)17/h4-5H,3,6-8H2,1-2H3,(H,18,20). The molecule has 22 heavy (non-hydrogen) atoms. The van der Waals surface area contributed by atoms with E-state index in [0.29, 0.717) is 19.0 Å². The molecule has 1 N–H and O–H groups in total. The highest BCUT2D eigenvalue weighted by Gasteiger charge is 2.19. The van der Waals surface area contributed by atoms with Gasteiger partial charge in [0.2, 0.25) is 11.8 Å². The number of amides is 2. The Hall–Kier alpha value is -2.09. The molecule has 0 saturated carbocycles. The van der Waals surface area contributed by atoms with Crippen LogP contribution in [-0.4, -0.2) is 43.5 Å². The Kier molecular flexibility index (Phi) is 6.84. The summed E-state index contributed by atoms with van der Waals surface area (Å²) in [6.07, 6.45) is 0.613. The third-order valence-corrected chi connectivity index (χ3v) is 2.76. The molecule has 1 rings (SSSR count). The second-order valence-corrected chi connectivity index (χ2v) is 4.52. The van der Waals surface area contributed by atoms with Gasteiger partial charge >= 0.3 is 0 Å². The van der Waals surface area contributed by atoms with Crippen LogP contribution in [-0.2, 0) is 14.3 Å². The predicted octanol–water partition coefficient (Wildman–Crippen LogP) is 1.93. The first-order valence-corrected chi connectivity index (χ1v) is 6.60. The van der Waals surface area contributed by atoms with Gasteiger partial charge in [-0.05, 0) is 18.6 Å². The fourth-order valence-electron chi connectivity index (χ4n) is 1.76. The van der Waals surface area contributed by atoms with Crippen molar-refractivity contribution in [2.24, 2.45) is 0 Å². The van der Waals surface area contributed by atoms with Crippen molar-refractivity contribution in [3.8, 4) is 0 Å². The summed E-state index contributed by atoms with van der Waals surface area (Å²) >= 11 is 0. The van der Waals surface area contributed by atoms with Crippen molar-refractivity contribution in [2.75, 3.05) is 32.1 Å². The van der Waals surface area contributed by atoms with Crippen LogP contribution in [0.15, 0.2) is 12.1 Å². The Morgan fingerprint density at radius 1 is 1.23 bits per heavy atom. The lowest BCUT2D eigenvalue weighted by atomic mass is 10.2. The minimum Gasteiger partial charge on any atom is -0.375 e. The van der Waals surface area contributed by atoms with Crippen molar-refractivity contribution in [1.82, 2.24) is 4.90 Å². The van der Waals surface area contributed by atoms with E-state index in [1.807, 2.05) is 6.92 Å². The van der Waals surface area contributed by atoms with Crippen LogP contribution in [0.2, 0.25) is 0 Å². The molecule has 0 fully saturated rings. The minimum absolute atomic E-state index is 0.188. The van der Waals surface area contributed by atoms with Crippen molar-refractivity contribution in [3.63, 3.8) is 0 Å². The van der Waals surface area contributed by atoms with Gasteiger partial charge in [-0.2, -0.15) is 0 Å². The molecule has 0 aromatic heterocycles. The fourth-order valence-corrected chi connectivity index (χ4v) is 1.76. The summed E-state index contributed by atoms with van der Waals surface area (Å²) in [5, 5.41) is 2.11. The molecule has 8 heteroatoms. The first kappa shape index (κ1) is 18.0. The van der Waals surface area contributed by atoms with Gasteiger partial charge in [0, 0.05) is 13.7 Å². The van der Waals surface area contributed by atoms with Gasteiger partial charge in [0.1, 0.15) is 6.61 Å². The Balaban J connectivity index is 2.75. The molecular formula is C14H17F3N2O3. The molecule has 0 spiro atoms. The van der Waals surface area contributed by atoms with Crippen LogP contribution in [0.4, 0.5) is 18.9 Å². The second kappa shape index (κ2) is 8.38. The molecule has 0 bridgehead atoms. The Morgan fingerprint density at radius 3 is 2.50 bits per heavy atom. The number of halogens is 3. The summed E-state index contributed by atoms with van der Waals surface area (Å²) in [6, 6.07) is 1.61. The Morgan fingerprint density at radius 2 is 1.91 bits per heavy atom. The number of hydrogen-bond acceptors (Lipinski definition) is 3. The van der Waals surface area contributed by atoms with Gasteiger partial charge in [0.05, 0.1) is 12.2 Å². The van der Waals surface area contributed by atoms with Gasteiger partial charge in [-0.1, -0.05) is 6.92 Å². The average Bonchev–Trinajstić information content (AvgIpc) is 2.48. The van der Waals surface area contributed by atoms with Crippen LogP contribution in [0.3, 0.4) is 0 Å². The van der Waals surface area contributed by atoms with Gasteiger partial charge in [0.25, 0.3) is 0 Å². The monoisotopic (exact) mass is 318 g/mol.